The van der Waals surface area contributed by atoms with E-state index in [2.05, 4.69) is 0 Å². The second-order valence-electron chi connectivity index (χ2n) is 7.45. The Morgan fingerprint density at radius 3 is 2.03 bits per heavy atom. The van der Waals surface area contributed by atoms with Gasteiger partial charge in [0.05, 0.1) is 10.8 Å². The quantitative estimate of drug-likeness (QED) is 0.658. The summed E-state index contributed by atoms with van der Waals surface area (Å²) in [7, 11) is -0.361. The molecule has 0 aliphatic carbocycles. The van der Waals surface area contributed by atoms with E-state index in [1.54, 1.807) is 68.7 Å². The van der Waals surface area contributed by atoms with Gasteiger partial charge in [-0.05, 0) is 25.0 Å². The van der Waals surface area contributed by atoms with Crippen molar-refractivity contribution in [1.82, 2.24) is 9.21 Å². The Hall–Kier alpha value is -2.71. The molecule has 160 valence electrons. The van der Waals surface area contributed by atoms with Gasteiger partial charge in [-0.25, -0.2) is 8.42 Å². The van der Waals surface area contributed by atoms with Crippen molar-refractivity contribution in [3.8, 4) is 0 Å². The number of ether oxygens (including phenoxy) is 1. The van der Waals surface area contributed by atoms with E-state index in [1.807, 2.05) is 6.07 Å². The summed E-state index contributed by atoms with van der Waals surface area (Å²) in [4.78, 5) is 27.0. The van der Waals surface area contributed by atoms with E-state index in [1.165, 1.54) is 9.21 Å². The van der Waals surface area contributed by atoms with Crippen LogP contribution in [-0.4, -0.2) is 56.7 Å². The van der Waals surface area contributed by atoms with Crippen molar-refractivity contribution in [1.29, 1.82) is 0 Å². The zero-order valence-corrected chi connectivity index (χ0v) is 17.9. The molecule has 0 bridgehead atoms. The summed E-state index contributed by atoms with van der Waals surface area (Å²) in [5, 5.41) is 0. The number of carbonyl (C=O) groups is 2. The molecule has 1 atom stereocenters. The average Bonchev–Trinajstić information content (AvgIpc) is 2.78. The molecule has 1 aliphatic rings. The lowest BCUT2D eigenvalue weighted by Gasteiger charge is -2.31. The summed E-state index contributed by atoms with van der Waals surface area (Å²) in [5.41, 5.74) is 0.605. The van der Waals surface area contributed by atoms with Crippen LogP contribution in [0.25, 0.3) is 0 Å². The zero-order chi connectivity index (χ0) is 21.7. The Kier molecular flexibility index (Phi) is 6.89. The molecule has 1 amide bonds. The molecular formula is C22H26N2O5S. The van der Waals surface area contributed by atoms with E-state index >= 15 is 0 Å². The Bertz CT molecular complexity index is 969. The highest BCUT2D eigenvalue weighted by Gasteiger charge is 2.35. The minimum atomic E-state index is -3.58. The molecule has 1 aliphatic heterocycles. The summed E-state index contributed by atoms with van der Waals surface area (Å²) in [6.45, 7) is 0.462. The van der Waals surface area contributed by atoms with E-state index in [4.69, 9.17) is 4.74 Å². The maximum atomic E-state index is 12.8. The number of piperidine rings is 1. The van der Waals surface area contributed by atoms with Crippen LogP contribution in [0.3, 0.4) is 0 Å². The van der Waals surface area contributed by atoms with Gasteiger partial charge in [0.15, 0.2) is 0 Å². The van der Waals surface area contributed by atoms with Crippen molar-refractivity contribution < 1.29 is 22.7 Å². The van der Waals surface area contributed by atoms with Crippen LogP contribution < -0.4 is 0 Å². The summed E-state index contributed by atoms with van der Waals surface area (Å²) in [6.07, 6.45) is -0.315. The summed E-state index contributed by atoms with van der Waals surface area (Å²) < 4.78 is 32.5. The number of benzene rings is 2. The molecule has 0 N–H and O–H groups in total. The van der Waals surface area contributed by atoms with E-state index in [0.29, 0.717) is 18.4 Å². The molecule has 8 heteroatoms. The standard InChI is InChI=1S/C22H26N2O5S/c1-23(2)21(25)20(17-9-5-3-6-10-17)29-22(26)18-13-15-24(16-14-18)30(27,28)19-11-7-4-8-12-19/h3-12,18,20H,13-16H2,1-2H3. The van der Waals surface area contributed by atoms with Gasteiger partial charge in [0.2, 0.25) is 16.1 Å². The van der Waals surface area contributed by atoms with Gasteiger partial charge in [0, 0.05) is 32.7 Å². The highest BCUT2D eigenvalue weighted by Crippen LogP contribution is 2.27. The molecule has 0 aromatic heterocycles. The average molecular weight is 431 g/mol. The lowest BCUT2D eigenvalue weighted by Crippen LogP contribution is -2.41. The first-order chi connectivity index (χ1) is 14.3. The van der Waals surface area contributed by atoms with Crippen LogP contribution in [0.5, 0.6) is 0 Å². The Morgan fingerprint density at radius 1 is 0.967 bits per heavy atom. The summed E-state index contributed by atoms with van der Waals surface area (Å²) in [5.74, 6) is -1.25. The molecule has 0 radical (unpaired) electrons. The van der Waals surface area contributed by atoms with Crippen molar-refractivity contribution in [2.45, 2.75) is 23.8 Å². The minimum absolute atomic E-state index is 0.231. The van der Waals surface area contributed by atoms with Crippen LogP contribution in [0.1, 0.15) is 24.5 Å². The third-order valence-electron chi connectivity index (χ3n) is 5.17. The number of nitrogens with zero attached hydrogens (tertiary/aromatic N) is 2. The third-order valence-corrected chi connectivity index (χ3v) is 7.08. The van der Waals surface area contributed by atoms with Crippen LogP contribution in [0, 0.1) is 5.92 Å². The number of sulfonamides is 1. The fourth-order valence-corrected chi connectivity index (χ4v) is 4.90. The van der Waals surface area contributed by atoms with Crippen LogP contribution >= 0.6 is 0 Å². The van der Waals surface area contributed by atoms with Gasteiger partial charge in [-0.15, -0.1) is 0 Å². The van der Waals surface area contributed by atoms with E-state index in [9.17, 15) is 18.0 Å². The number of carbonyl (C=O) groups excluding carboxylic acids is 2. The smallest absolute Gasteiger partial charge is 0.310 e. The molecule has 1 saturated heterocycles. The lowest BCUT2D eigenvalue weighted by atomic mass is 9.98. The van der Waals surface area contributed by atoms with Crippen LogP contribution in [0.2, 0.25) is 0 Å². The predicted octanol–water partition coefficient (Wildman–Crippen LogP) is 2.46. The van der Waals surface area contributed by atoms with Gasteiger partial charge in [-0.2, -0.15) is 4.31 Å². The lowest BCUT2D eigenvalue weighted by molar-refractivity contribution is -0.164. The second kappa shape index (κ2) is 9.40. The SMILES string of the molecule is CN(C)C(=O)C(OC(=O)C1CCN(S(=O)(=O)c2ccccc2)CC1)c1ccccc1. The van der Waals surface area contributed by atoms with Crippen LogP contribution in [-0.2, 0) is 24.3 Å². The first-order valence-electron chi connectivity index (χ1n) is 9.82. The van der Waals surface area contributed by atoms with Gasteiger partial charge in [0.25, 0.3) is 5.91 Å². The predicted molar refractivity (Wildman–Crippen MR) is 112 cm³/mol. The van der Waals surface area contributed by atoms with Gasteiger partial charge in [-0.3, -0.25) is 9.59 Å². The maximum absolute atomic E-state index is 12.8. The molecular weight excluding hydrogens is 404 g/mol. The Morgan fingerprint density at radius 2 is 1.50 bits per heavy atom. The largest absolute Gasteiger partial charge is 0.447 e. The Balaban J connectivity index is 1.66. The number of esters is 1. The Labute approximate surface area is 177 Å². The highest BCUT2D eigenvalue weighted by atomic mass is 32.2. The molecule has 2 aromatic carbocycles. The van der Waals surface area contributed by atoms with Crippen molar-refractivity contribution >= 4 is 21.9 Å². The minimum Gasteiger partial charge on any atom is -0.447 e. The number of hydrogen-bond donors (Lipinski definition) is 0. The van der Waals surface area contributed by atoms with Crippen LogP contribution in [0.4, 0.5) is 0 Å². The first-order valence-corrected chi connectivity index (χ1v) is 11.3. The molecule has 1 heterocycles. The van der Waals surface area contributed by atoms with E-state index < -0.39 is 28.0 Å². The van der Waals surface area contributed by atoms with Gasteiger partial charge in [-0.1, -0.05) is 48.5 Å². The second-order valence-corrected chi connectivity index (χ2v) is 9.39. The number of amides is 1. The molecule has 30 heavy (non-hydrogen) atoms. The zero-order valence-electron chi connectivity index (χ0n) is 17.1. The van der Waals surface area contributed by atoms with Crippen molar-refractivity contribution in [2.24, 2.45) is 5.92 Å². The molecule has 1 fully saturated rings. The molecule has 0 spiro atoms. The van der Waals surface area contributed by atoms with Gasteiger partial charge >= 0.3 is 5.97 Å². The normalized spacial score (nSPS) is 16.6. The summed E-state index contributed by atoms with van der Waals surface area (Å²) in [6, 6.07) is 17.1. The first kappa shape index (κ1) is 22.0. The molecule has 2 aromatic rings. The fourth-order valence-electron chi connectivity index (χ4n) is 3.41. The monoisotopic (exact) mass is 430 g/mol. The van der Waals surface area contributed by atoms with Crippen molar-refractivity contribution in [3.63, 3.8) is 0 Å². The number of likely N-dealkylation sites (N-methyl/N-ethyl adjacent to an activating group) is 1. The molecule has 0 saturated carbocycles. The van der Waals surface area contributed by atoms with E-state index in [0.717, 1.165) is 0 Å². The van der Waals surface area contributed by atoms with Crippen molar-refractivity contribution in [2.75, 3.05) is 27.2 Å². The molecule has 3 rings (SSSR count). The van der Waals surface area contributed by atoms with E-state index in [-0.39, 0.29) is 23.9 Å². The molecule has 7 nitrogen and oxygen atoms in total. The van der Waals surface area contributed by atoms with Gasteiger partial charge in [0.1, 0.15) is 0 Å². The fraction of sp³-hybridized carbons (Fsp3) is 0.364. The van der Waals surface area contributed by atoms with Gasteiger partial charge < -0.3 is 9.64 Å². The highest BCUT2D eigenvalue weighted by molar-refractivity contribution is 7.89. The molecule has 1 unspecified atom stereocenters. The van der Waals surface area contributed by atoms with Crippen molar-refractivity contribution in [3.05, 3.63) is 66.2 Å². The topological polar surface area (TPSA) is 84.0 Å². The third kappa shape index (κ3) is 4.88. The number of hydrogen-bond acceptors (Lipinski definition) is 5. The maximum Gasteiger partial charge on any atom is 0.310 e. The van der Waals surface area contributed by atoms with Crippen LogP contribution in [0.15, 0.2) is 65.6 Å². The summed E-state index contributed by atoms with van der Waals surface area (Å²) >= 11 is 0. The number of rotatable bonds is 6.